The van der Waals surface area contributed by atoms with Gasteiger partial charge in [0.05, 0.1) is 6.54 Å². The van der Waals surface area contributed by atoms with E-state index in [4.69, 9.17) is 0 Å². The van der Waals surface area contributed by atoms with E-state index in [1.807, 2.05) is 6.20 Å². The molecule has 1 unspecified atom stereocenters. The van der Waals surface area contributed by atoms with E-state index in [0.29, 0.717) is 0 Å². The van der Waals surface area contributed by atoms with Crippen LogP contribution in [0.3, 0.4) is 0 Å². The number of nitrogens with zero attached hydrogens (tertiary/aromatic N) is 3. The minimum Gasteiger partial charge on any atom is -0.298 e. The van der Waals surface area contributed by atoms with Gasteiger partial charge in [0.1, 0.15) is 5.01 Å². The molecule has 0 aliphatic carbocycles. The molecule has 0 saturated carbocycles. The van der Waals surface area contributed by atoms with Gasteiger partial charge in [-0.25, -0.2) is 4.98 Å². The minimum atomic E-state index is 0.822. The Hall–Kier alpha value is -0.450. The number of rotatable bonds is 2. The maximum atomic E-state index is 4.38. The van der Waals surface area contributed by atoms with Crippen molar-refractivity contribution in [3.05, 3.63) is 16.6 Å². The van der Waals surface area contributed by atoms with Crippen molar-refractivity contribution in [2.24, 2.45) is 0 Å². The third-order valence-corrected chi connectivity index (χ3v) is 4.53. The van der Waals surface area contributed by atoms with Crippen molar-refractivity contribution < 1.29 is 0 Å². The molecule has 88 valence electrons. The summed E-state index contributed by atoms with van der Waals surface area (Å²) in [6.07, 6.45) is 6.14. The van der Waals surface area contributed by atoms with Crippen LogP contribution in [0.15, 0.2) is 11.6 Å². The second-order valence-electron chi connectivity index (χ2n) is 4.85. The molecule has 0 spiro atoms. The molecule has 0 aromatic carbocycles. The van der Waals surface area contributed by atoms with Crippen LogP contribution in [0.25, 0.3) is 0 Å². The van der Waals surface area contributed by atoms with Crippen LogP contribution in [-0.4, -0.2) is 47.0 Å². The third-order valence-electron chi connectivity index (χ3n) is 3.76. The predicted octanol–water partition coefficient (Wildman–Crippen LogP) is 1.81. The Morgan fingerprint density at radius 1 is 1.31 bits per heavy atom. The fourth-order valence-electron chi connectivity index (χ4n) is 2.89. The molecular formula is C12H19N3S. The van der Waals surface area contributed by atoms with E-state index in [-0.39, 0.29) is 0 Å². The standard InChI is InChI=1S/C12H19N3S/c1-2-5-15-7-6-14(9-11(15)3-1)10-12-13-4-8-16-12/h4,8,11H,1-3,5-7,9-10H2. The first-order valence-electron chi connectivity index (χ1n) is 6.26. The van der Waals surface area contributed by atoms with Crippen LogP contribution in [0.2, 0.25) is 0 Å². The highest BCUT2D eigenvalue weighted by atomic mass is 32.1. The lowest BCUT2D eigenvalue weighted by atomic mass is 9.99. The molecule has 4 heteroatoms. The number of fused-ring (bicyclic) bond motifs is 1. The molecule has 3 nitrogen and oxygen atoms in total. The van der Waals surface area contributed by atoms with Gasteiger partial charge in [0.2, 0.25) is 0 Å². The van der Waals surface area contributed by atoms with Gasteiger partial charge < -0.3 is 0 Å². The van der Waals surface area contributed by atoms with E-state index in [2.05, 4.69) is 20.2 Å². The molecule has 2 fully saturated rings. The Morgan fingerprint density at radius 3 is 3.19 bits per heavy atom. The quantitative estimate of drug-likeness (QED) is 0.782. The molecule has 2 aliphatic rings. The largest absolute Gasteiger partial charge is 0.298 e. The van der Waals surface area contributed by atoms with Crippen LogP contribution in [0.4, 0.5) is 0 Å². The lowest BCUT2D eigenvalue weighted by molar-refractivity contribution is 0.0456. The van der Waals surface area contributed by atoms with Gasteiger partial charge in [0.25, 0.3) is 0 Å². The third kappa shape index (κ3) is 2.29. The Bertz CT molecular complexity index is 325. The summed E-state index contributed by atoms with van der Waals surface area (Å²) in [4.78, 5) is 9.63. The van der Waals surface area contributed by atoms with Crippen molar-refractivity contribution in [3.8, 4) is 0 Å². The molecule has 0 N–H and O–H groups in total. The molecule has 1 atom stereocenters. The average Bonchev–Trinajstić information content (AvgIpc) is 2.82. The van der Waals surface area contributed by atoms with Gasteiger partial charge in [0.15, 0.2) is 0 Å². The minimum absolute atomic E-state index is 0.822. The highest BCUT2D eigenvalue weighted by Crippen LogP contribution is 2.22. The predicted molar refractivity (Wildman–Crippen MR) is 66.6 cm³/mol. The molecule has 3 rings (SSSR count). The zero-order valence-electron chi connectivity index (χ0n) is 9.64. The number of hydrogen-bond acceptors (Lipinski definition) is 4. The summed E-state index contributed by atoms with van der Waals surface area (Å²) in [5.74, 6) is 0. The highest BCUT2D eigenvalue weighted by molar-refractivity contribution is 7.09. The second-order valence-corrected chi connectivity index (χ2v) is 5.83. The van der Waals surface area contributed by atoms with Crippen LogP contribution < -0.4 is 0 Å². The van der Waals surface area contributed by atoms with E-state index >= 15 is 0 Å². The summed E-state index contributed by atoms with van der Waals surface area (Å²) in [6, 6.07) is 0.822. The summed E-state index contributed by atoms with van der Waals surface area (Å²) in [5, 5.41) is 3.34. The molecule has 16 heavy (non-hydrogen) atoms. The van der Waals surface area contributed by atoms with E-state index in [1.165, 1.54) is 50.4 Å². The fourth-order valence-corrected chi connectivity index (χ4v) is 3.54. The zero-order chi connectivity index (χ0) is 10.8. The van der Waals surface area contributed by atoms with Gasteiger partial charge in [-0.1, -0.05) is 6.42 Å². The Balaban J connectivity index is 1.58. The lowest BCUT2D eigenvalue weighted by Crippen LogP contribution is -2.54. The van der Waals surface area contributed by atoms with E-state index < -0.39 is 0 Å². The molecule has 1 aromatic heterocycles. The maximum absolute atomic E-state index is 4.38. The average molecular weight is 237 g/mol. The van der Waals surface area contributed by atoms with Gasteiger partial charge in [-0.05, 0) is 19.4 Å². The fraction of sp³-hybridized carbons (Fsp3) is 0.750. The van der Waals surface area contributed by atoms with Crippen molar-refractivity contribution in [1.82, 2.24) is 14.8 Å². The number of piperazine rings is 1. The van der Waals surface area contributed by atoms with E-state index in [1.54, 1.807) is 11.3 Å². The number of thiazole rings is 1. The van der Waals surface area contributed by atoms with Crippen LogP contribution in [0.1, 0.15) is 24.3 Å². The van der Waals surface area contributed by atoms with Crippen molar-refractivity contribution >= 4 is 11.3 Å². The molecular weight excluding hydrogens is 218 g/mol. The smallest absolute Gasteiger partial charge is 0.107 e. The second kappa shape index (κ2) is 4.82. The lowest BCUT2D eigenvalue weighted by Gasteiger charge is -2.43. The SMILES string of the molecule is c1csc(CN2CCN3CCCCC3C2)n1. The summed E-state index contributed by atoms with van der Waals surface area (Å²) >= 11 is 1.78. The van der Waals surface area contributed by atoms with Crippen molar-refractivity contribution in [2.75, 3.05) is 26.2 Å². The molecule has 2 aliphatic heterocycles. The molecule has 2 saturated heterocycles. The highest BCUT2D eigenvalue weighted by Gasteiger charge is 2.28. The van der Waals surface area contributed by atoms with E-state index in [0.717, 1.165) is 12.6 Å². The molecule has 3 heterocycles. The van der Waals surface area contributed by atoms with Gasteiger partial charge in [-0.3, -0.25) is 9.80 Å². The summed E-state index contributed by atoms with van der Waals surface area (Å²) in [5.41, 5.74) is 0. The van der Waals surface area contributed by atoms with Gasteiger partial charge in [-0.15, -0.1) is 11.3 Å². The monoisotopic (exact) mass is 237 g/mol. The first-order valence-corrected chi connectivity index (χ1v) is 7.14. The van der Waals surface area contributed by atoms with Gasteiger partial charge >= 0.3 is 0 Å². The number of piperidine rings is 1. The first-order chi connectivity index (χ1) is 7.92. The van der Waals surface area contributed by atoms with E-state index in [9.17, 15) is 0 Å². The van der Waals surface area contributed by atoms with Crippen molar-refractivity contribution in [3.63, 3.8) is 0 Å². The Labute approximate surface area is 101 Å². The molecule has 1 aromatic rings. The van der Waals surface area contributed by atoms with Crippen molar-refractivity contribution in [2.45, 2.75) is 31.8 Å². The summed E-state index contributed by atoms with van der Waals surface area (Å²) in [6.45, 7) is 6.11. The Morgan fingerprint density at radius 2 is 2.31 bits per heavy atom. The van der Waals surface area contributed by atoms with Crippen LogP contribution in [0, 0.1) is 0 Å². The van der Waals surface area contributed by atoms with Gasteiger partial charge in [-0.2, -0.15) is 0 Å². The van der Waals surface area contributed by atoms with Crippen LogP contribution >= 0.6 is 11.3 Å². The van der Waals surface area contributed by atoms with Crippen molar-refractivity contribution in [1.29, 1.82) is 0 Å². The summed E-state index contributed by atoms with van der Waals surface area (Å²) in [7, 11) is 0. The number of hydrogen-bond donors (Lipinski definition) is 0. The molecule has 0 bridgehead atoms. The zero-order valence-corrected chi connectivity index (χ0v) is 10.5. The summed E-state index contributed by atoms with van der Waals surface area (Å²) < 4.78 is 0. The van der Waals surface area contributed by atoms with Gasteiger partial charge in [0, 0.05) is 37.3 Å². The number of aromatic nitrogens is 1. The van der Waals surface area contributed by atoms with Crippen LogP contribution in [0.5, 0.6) is 0 Å². The normalized spacial score (nSPS) is 27.9. The molecule has 0 amide bonds. The maximum Gasteiger partial charge on any atom is 0.107 e. The Kier molecular flexibility index (Phi) is 3.22. The first kappa shape index (κ1) is 10.7. The molecule has 0 radical (unpaired) electrons. The topological polar surface area (TPSA) is 19.4 Å². The van der Waals surface area contributed by atoms with Crippen LogP contribution in [-0.2, 0) is 6.54 Å².